The van der Waals surface area contributed by atoms with Gasteiger partial charge in [0.2, 0.25) is 11.8 Å². The number of rotatable bonds is 7. The number of hydrogen-bond donors (Lipinski definition) is 2. The van der Waals surface area contributed by atoms with E-state index in [0.29, 0.717) is 6.54 Å². The first-order chi connectivity index (χ1) is 13.4. The maximum Gasteiger partial charge on any atom is 0.408 e. The molecule has 0 aliphatic carbocycles. The molecule has 0 aromatic heterocycles. The number of likely N-dealkylation sites (N-methyl/N-ethyl adjacent to an activating group) is 1. The Hall–Kier alpha value is -2.57. The lowest BCUT2D eigenvalue weighted by molar-refractivity contribution is -0.140. The van der Waals surface area contributed by atoms with Crippen molar-refractivity contribution in [2.75, 3.05) is 13.1 Å². The van der Waals surface area contributed by atoms with Gasteiger partial charge in [-0.05, 0) is 72.1 Å². The minimum atomic E-state index is -0.781. The number of carbonyl (C=O) groups is 3. The first-order valence-electron chi connectivity index (χ1n) is 10.00. The van der Waals surface area contributed by atoms with Gasteiger partial charge in [-0.3, -0.25) is 9.59 Å². The number of nitrogens with one attached hydrogen (secondary N) is 2. The molecule has 0 radical (unpaired) electrons. The van der Waals surface area contributed by atoms with E-state index < -0.39 is 17.7 Å². The van der Waals surface area contributed by atoms with E-state index in [1.165, 1.54) is 4.90 Å². The quantitative estimate of drug-likeness (QED) is 0.729. The zero-order valence-corrected chi connectivity index (χ0v) is 18.9. The molecule has 3 amide bonds. The molecule has 7 nitrogen and oxygen atoms in total. The van der Waals surface area contributed by atoms with Crippen molar-refractivity contribution in [3.8, 4) is 0 Å². The van der Waals surface area contributed by atoms with Crippen LogP contribution in [-0.2, 0) is 14.3 Å². The third-order valence-electron chi connectivity index (χ3n) is 4.25. The second-order valence-corrected chi connectivity index (χ2v) is 8.41. The number of carbonyl (C=O) groups excluding carboxylic acids is 3. The molecule has 0 saturated carbocycles. The van der Waals surface area contributed by atoms with Gasteiger partial charge < -0.3 is 20.3 Å². The molecule has 0 saturated heterocycles. The highest BCUT2D eigenvalue weighted by Crippen LogP contribution is 2.28. The molecule has 1 atom stereocenters. The van der Waals surface area contributed by atoms with Gasteiger partial charge in [-0.25, -0.2) is 4.79 Å². The van der Waals surface area contributed by atoms with Crippen molar-refractivity contribution in [2.24, 2.45) is 0 Å². The summed E-state index contributed by atoms with van der Waals surface area (Å²) in [5.41, 5.74) is 2.01. The first kappa shape index (κ1) is 24.5. The topological polar surface area (TPSA) is 87.7 Å². The average Bonchev–Trinajstić information content (AvgIpc) is 2.56. The van der Waals surface area contributed by atoms with Crippen LogP contribution in [0.15, 0.2) is 18.2 Å². The zero-order valence-electron chi connectivity index (χ0n) is 18.9. The molecule has 1 unspecified atom stereocenters. The Bertz CT molecular complexity index is 718. The van der Waals surface area contributed by atoms with E-state index in [1.54, 1.807) is 20.8 Å². The summed E-state index contributed by atoms with van der Waals surface area (Å²) in [5, 5.41) is 5.40. The number of aryl methyl sites for hydroxylation is 2. The van der Waals surface area contributed by atoms with E-state index in [9.17, 15) is 14.4 Å². The van der Waals surface area contributed by atoms with Crippen LogP contribution in [0, 0.1) is 13.8 Å². The summed E-state index contributed by atoms with van der Waals surface area (Å²) in [7, 11) is 0. The molecule has 1 rings (SSSR count). The minimum absolute atomic E-state index is 0.0666. The standard InChI is InChI=1S/C22H35N3O4/c1-9-25(17(26)13-23-21(28)29-22(6,7)8)19(20(27)24-14(2)3)18-15(4)11-10-12-16(18)5/h10-12,14,19H,9,13H2,1-8H3,(H,23,28)(H,24,27). The molecule has 0 fully saturated rings. The third-order valence-corrected chi connectivity index (χ3v) is 4.25. The molecule has 1 aromatic carbocycles. The maximum atomic E-state index is 13.1. The molecule has 2 N–H and O–H groups in total. The molecule has 0 heterocycles. The van der Waals surface area contributed by atoms with Gasteiger partial charge in [-0.15, -0.1) is 0 Å². The van der Waals surface area contributed by atoms with Crippen molar-refractivity contribution in [2.45, 2.75) is 73.1 Å². The van der Waals surface area contributed by atoms with E-state index in [1.807, 2.05) is 52.8 Å². The highest BCUT2D eigenvalue weighted by Gasteiger charge is 2.33. The summed E-state index contributed by atoms with van der Waals surface area (Å²) in [6.07, 6.45) is -0.669. The van der Waals surface area contributed by atoms with E-state index in [4.69, 9.17) is 4.74 Å². The Balaban J connectivity index is 3.16. The van der Waals surface area contributed by atoms with Crippen LogP contribution in [0.1, 0.15) is 64.3 Å². The van der Waals surface area contributed by atoms with Crippen molar-refractivity contribution in [3.63, 3.8) is 0 Å². The number of alkyl carbamates (subject to hydrolysis) is 1. The van der Waals surface area contributed by atoms with Crippen molar-refractivity contribution in [1.82, 2.24) is 15.5 Å². The average molecular weight is 406 g/mol. The SMILES string of the molecule is CCN(C(=O)CNC(=O)OC(C)(C)C)C(C(=O)NC(C)C)c1c(C)cccc1C. The fraction of sp³-hybridized carbons (Fsp3) is 0.591. The van der Waals surface area contributed by atoms with Gasteiger partial charge in [-0.1, -0.05) is 18.2 Å². The predicted octanol–water partition coefficient (Wildman–Crippen LogP) is 3.24. The number of amides is 3. The molecule has 7 heteroatoms. The summed E-state index contributed by atoms with van der Waals surface area (Å²) in [6, 6.07) is 4.93. The first-order valence-corrected chi connectivity index (χ1v) is 10.00. The summed E-state index contributed by atoms with van der Waals surface area (Å²) in [6.45, 7) is 14.7. The molecule has 0 aliphatic heterocycles. The third kappa shape index (κ3) is 7.40. The number of ether oxygens (including phenoxy) is 1. The molecule has 0 aliphatic rings. The van der Waals surface area contributed by atoms with Gasteiger partial charge in [0.1, 0.15) is 18.2 Å². The maximum absolute atomic E-state index is 13.1. The van der Waals surface area contributed by atoms with Crippen molar-refractivity contribution < 1.29 is 19.1 Å². The molecule has 0 spiro atoms. The van der Waals surface area contributed by atoms with E-state index >= 15 is 0 Å². The van der Waals surface area contributed by atoms with Crippen molar-refractivity contribution >= 4 is 17.9 Å². The number of hydrogen-bond acceptors (Lipinski definition) is 4. The lowest BCUT2D eigenvalue weighted by atomic mass is 9.94. The van der Waals surface area contributed by atoms with Crippen LogP contribution >= 0.6 is 0 Å². The van der Waals surface area contributed by atoms with Crippen LogP contribution in [0.25, 0.3) is 0 Å². The summed E-state index contributed by atoms with van der Waals surface area (Å²) >= 11 is 0. The molecular formula is C22H35N3O4. The van der Waals surface area contributed by atoms with Gasteiger partial charge in [0.15, 0.2) is 0 Å². The lowest BCUT2D eigenvalue weighted by Crippen LogP contribution is -2.49. The van der Waals surface area contributed by atoms with Gasteiger partial charge in [0.05, 0.1) is 0 Å². The summed E-state index contributed by atoms with van der Waals surface area (Å²) in [5.74, 6) is -0.602. The van der Waals surface area contributed by atoms with Crippen LogP contribution < -0.4 is 10.6 Å². The smallest absolute Gasteiger partial charge is 0.408 e. The number of nitrogens with zero attached hydrogens (tertiary/aromatic N) is 1. The second-order valence-electron chi connectivity index (χ2n) is 8.41. The van der Waals surface area contributed by atoms with Crippen LogP contribution in [0.4, 0.5) is 4.79 Å². The Kier molecular flexibility index (Phi) is 8.67. The van der Waals surface area contributed by atoms with Crippen molar-refractivity contribution in [1.29, 1.82) is 0 Å². The second kappa shape index (κ2) is 10.3. The Morgan fingerprint density at radius 3 is 2.10 bits per heavy atom. The summed E-state index contributed by atoms with van der Waals surface area (Å²) in [4.78, 5) is 39.4. The molecular weight excluding hydrogens is 370 g/mol. The monoisotopic (exact) mass is 405 g/mol. The Morgan fingerprint density at radius 2 is 1.66 bits per heavy atom. The Labute approximate surface area is 174 Å². The van der Waals surface area contributed by atoms with E-state index in [0.717, 1.165) is 16.7 Å². The molecule has 29 heavy (non-hydrogen) atoms. The van der Waals surface area contributed by atoms with E-state index in [2.05, 4.69) is 10.6 Å². The Morgan fingerprint density at radius 1 is 1.10 bits per heavy atom. The fourth-order valence-electron chi connectivity index (χ4n) is 3.12. The largest absolute Gasteiger partial charge is 0.444 e. The van der Waals surface area contributed by atoms with Gasteiger partial charge in [0.25, 0.3) is 0 Å². The fourth-order valence-corrected chi connectivity index (χ4v) is 3.12. The van der Waals surface area contributed by atoms with Gasteiger partial charge in [0, 0.05) is 12.6 Å². The lowest BCUT2D eigenvalue weighted by Gasteiger charge is -2.33. The van der Waals surface area contributed by atoms with Crippen LogP contribution in [0.3, 0.4) is 0 Å². The normalized spacial score (nSPS) is 12.3. The molecule has 162 valence electrons. The van der Waals surface area contributed by atoms with Crippen molar-refractivity contribution in [3.05, 3.63) is 34.9 Å². The van der Waals surface area contributed by atoms with E-state index in [-0.39, 0.29) is 24.4 Å². The summed E-state index contributed by atoms with van der Waals surface area (Å²) < 4.78 is 5.18. The van der Waals surface area contributed by atoms with Gasteiger partial charge >= 0.3 is 6.09 Å². The minimum Gasteiger partial charge on any atom is -0.444 e. The van der Waals surface area contributed by atoms with Crippen LogP contribution in [0.5, 0.6) is 0 Å². The van der Waals surface area contributed by atoms with Crippen LogP contribution in [0.2, 0.25) is 0 Å². The predicted molar refractivity (Wildman–Crippen MR) is 114 cm³/mol. The molecule has 1 aromatic rings. The zero-order chi connectivity index (χ0) is 22.4. The van der Waals surface area contributed by atoms with Crippen LogP contribution in [-0.4, -0.2) is 47.5 Å². The number of benzene rings is 1. The van der Waals surface area contributed by atoms with Gasteiger partial charge in [-0.2, -0.15) is 0 Å². The highest BCUT2D eigenvalue weighted by molar-refractivity contribution is 5.91. The highest BCUT2D eigenvalue weighted by atomic mass is 16.6. The molecule has 0 bridgehead atoms.